The van der Waals surface area contributed by atoms with E-state index in [-0.39, 0.29) is 62.6 Å². The van der Waals surface area contributed by atoms with Gasteiger partial charge in [-0.3, -0.25) is 38.5 Å². The number of fused-ring (bicyclic) bond motifs is 16. The van der Waals surface area contributed by atoms with Crippen molar-refractivity contribution in [2.75, 3.05) is 20.7 Å². The lowest BCUT2D eigenvalue weighted by atomic mass is 9.97. The normalized spacial score (nSPS) is 25.2. The fourth-order valence-electron chi connectivity index (χ4n) is 10.2. The van der Waals surface area contributed by atoms with E-state index in [0.29, 0.717) is 0 Å². The van der Waals surface area contributed by atoms with E-state index in [9.17, 15) is 69.9 Å². The minimum absolute atomic E-state index is 0.0667. The number of primary amides is 1. The SMILES string of the molecule is CC(C)C[C@@H](C(=O)N[C@@H]1C(=O)N[C@H](CC(N)=O)C(=O)N[C@@H]2C(=O)N[C@@H](c3ccc(O)cc3)C(=O)N[C@H](C(=O)N[C@H](C(=O)O)c3cccc(O)c3)[C@@H](O)c3ccc(c(Cl)c3)Oc3cc2cc(c3O[C@@H]2O[C@H](CO)[C@@H](O)[C@H](O)[C@H]2O)Oc2ccc(cc2Cl)[C@@H]1O)N(C)C. The Hall–Kier alpha value is -8.88. The second kappa shape index (κ2) is 28.9. The lowest BCUT2D eigenvalue weighted by Gasteiger charge is -2.39. The highest BCUT2D eigenvalue weighted by Gasteiger charge is 2.47. The number of rotatable bonds is 15. The van der Waals surface area contributed by atoms with Gasteiger partial charge in [-0.25, -0.2) is 4.79 Å². The summed E-state index contributed by atoms with van der Waals surface area (Å²) >= 11 is 13.9. The van der Waals surface area contributed by atoms with Gasteiger partial charge < -0.3 is 103 Å². The number of nitrogens with zero attached hydrogens (tertiary/aromatic N) is 1. The second-order valence-corrected chi connectivity index (χ2v) is 23.1. The van der Waals surface area contributed by atoms with Crippen molar-refractivity contribution < 1.29 is 103 Å². The molecule has 5 aromatic rings. The van der Waals surface area contributed by atoms with Gasteiger partial charge in [0.1, 0.15) is 89.8 Å². The number of hydrogen-bond donors (Lipinski definition) is 16. The van der Waals surface area contributed by atoms with E-state index in [0.717, 1.165) is 66.7 Å². The molecule has 5 heterocycles. The molecule has 0 radical (unpaired) electrons. The number of carboxylic acid groups (broad SMARTS) is 1. The van der Waals surface area contributed by atoms with Crippen molar-refractivity contribution >= 4 is 70.5 Å². The molecule has 31 heteroatoms. The number of aliphatic hydroxyl groups excluding tert-OH is 6. The Morgan fingerprint density at radius 1 is 0.670 bits per heavy atom. The molecule has 7 bridgehead atoms. The molecule has 5 aliphatic rings. The Balaban J connectivity index is 1.37. The Kier molecular flexibility index (Phi) is 21.6. The minimum Gasteiger partial charge on any atom is -0.508 e. The van der Waals surface area contributed by atoms with Crippen LogP contribution in [-0.4, -0.2) is 174 Å². The first-order valence-electron chi connectivity index (χ1n) is 28.1. The van der Waals surface area contributed by atoms with Gasteiger partial charge in [-0.05, 0) is 115 Å². The first kappa shape index (κ1) is 68.0. The molecule has 0 aliphatic carbocycles. The van der Waals surface area contributed by atoms with E-state index in [4.69, 9.17) is 47.9 Å². The number of nitrogens with one attached hydrogen (secondary N) is 6. The van der Waals surface area contributed by atoms with Crippen LogP contribution < -0.4 is 51.8 Å². The fraction of sp³-hybridized carbons (Fsp3) is 0.367. The molecule has 10 rings (SSSR count). The fourth-order valence-corrected chi connectivity index (χ4v) is 10.6. The molecule has 14 atom stereocenters. The molecular weight excluding hydrogens is 1240 g/mol. The third-order valence-electron chi connectivity index (χ3n) is 15.0. The van der Waals surface area contributed by atoms with Crippen LogP contribution in [0.3, 0.4) is 0 Å². The smallest absolute Gasteiger partial charge is 0.330 e. The number of ether oxygens (including phenoxy) is 4. The Labute approximate surface area is 527 Å². The van der Waals surface area contributed by atoms with Gasteiger partial charge in [0.25, 0.3) is 0 Å². The standard InChI is InChI=1S/C60H66Cl2N8O21/c1-24(2)16-35(70(3)4)54(81)68-45-47(75)27-10-14-36(32(61)18-27)88-38-20-29-21-39(52(38)91-60-51(79)50(78)49(77)40(23-71)90-60)89-37-15-11-28(19-33(37)62)48(76)46(58(85)67-44(59(86)87)26-6-5-7-31(73)17-26)69-55(82)42(25-8-12-30(72)13-9-25)66-56(83)43(29)65-53(80)34(22-41(63)74)64-57(45)84/h5-15,17-21,24,34-35,40,42-51,60,71-73,75-79H,16,22-23H2,1-4H3,(H2,63,74)(H,64,84)(H,65,80)(H,66,83)(H,67,85)(H,68,81)(H,69,82)(H,86,87)/t34-,35+,40-,42+,43+,44+,45+,46+,47+,48+,49-,50+,51-,60+/m1/s1. The summed E-state index contributed by atoms with van der Waals surface area (Å²) in [4.78, 5) is 116. The minimum atomic E-state index is -2.25. The van der Waals surface area contributed by atoms with Crippen LogP contribution in [-0.2, 0) is 43.1 Å². The van der Waals surface area contributed by atoms with Gasteiger partial charge in [0, 0.05) is 0 Å². The van der Waals surface area contributed by atoms with E-state index in [1.807, 2.05) is 13.8 Å². The second-order valence-electron chi connectivity index (χ2n) is 22.3. The van der Waals surface area contributed by atoms with Gasteiger partial charge in [0.05, 0.1) is 29.1 Å². The quantitative estimate of drug-likeness (QED) is 0.0679. The summed E-state index contributed by atoms with van der Waals surface area (Å²) in [5, 5.41) is 112. The van der Waals surface area contributed by atoms with E-state index < -0.39 is 173 Å². The molecule has 0 saturated carbocycles. The Morgan fingerprint density at radius 3 is 1.79 bits per heavy atom. The maximum Gasteiger partial charge on any atom is 0.330 e. The molecule has 486 valence electrons. The molecule has 91 heavy (non-hydrogen) atoms. The number of aliphatic carboxylic acids is 1. The van der Waals surface area contributed by atoms with Crippen molar-refractivity contribution in [3.05, 3.63) is 135 Å². The zero-order valence-electron chi connectivity index (χ0n) is 48.7. The highest BCUT2D eigenvalue weighted by molar-refractivity contribution is 6.32. The summed E-state index contributed by atoms with van der Waals surface area (Å²) in [5.74, 6) is -13.7. The lowest BCUT2D eigenvalue weighted by molar-refractivity contribution is -0.277. The Bertz CT molecular complexity index is 3580. The van der Waals surface area contributed by atoms with Crippen molar-refractivity contribution in [3.8, 4) is 40.2 Å². The van der Waals surface area contributed by atoms with Gasteiger partial charge in [-0.15, -0.1) is 0 Å². The van der Waals surface area contributed by atoms with Gasteiger partial charge in [0.2, 0.25) is 53.4 Å². The number of halogens is 2. The summed E-state index contributed by atoms with van der Waals surface area (Å²) in [5.41, 5.74) is 4.55. The highest BCUT2D eigenvalue weighted by atomic mass is 35.5. The predicted molar refractivity (Wildman–Crippen MR) is 317 cm³/mol. The average molecular weight is 1310 g/mol. The summed E-state index contributed by atoms with van der Waals surface area (Å²) in [6, 6.07) is 4.85. The van der Waals surface area contributed by atoms with Crippen LogP contribution in [0, 0.1) is 5.92 Å². The van der Waals surface area contributed by atoms with Gasteiger partial charge in [0.15, 0.2) is 17.5 Å². The molecule has 7 amide bonds. The van der Waals surface area contributed by atoms with E-state index in [1.54, 1.807) is 19.0 Å². The maximum atomic E-state index is 15.6. The number of carboxylic acids is 1. The number of phenols is 2. The van der Waals surface area contributed by atoms with Crippen molar-refractivity contribution in [1.82, 2.24) is 36.8 Å². The van der Waals surface area contributed by atoms with Gasteiger partial charge in [-0.1, -0.05) is 73.4 Å². The van der Waals surface area contributed by atoms with Gasteiger partial charge in [-0.2, -0.15) is 0 Å². The molecule has 0 unspecified atom stereocenters. The zero-order chi connectivity index (χ0) is 66.4. The lowest BCUT2D eigenvalue weighted by Crippen LogP contribution is -2.60. The van der Waals surface area contributed by atoms with E-state index >= 15 is 14.4 Å². The van der Waals surface area contributed by atoms with Crippen LogP contribution in [0.15, 0.2) is 97.1 Å². The predicted octanol–water partition coefficient (Wildman–Crippen LogP) is 0.525. The van der Waals surface area contributed by atoms with Crippen molar-refractivity contribution in [2.24, 2.45) is 11.7 Å². The largest absolute Gasteiger partial charge is 0.508 e. The molecule has 0 aromatic heterocycles. The van der Waals surface area contributed by atoms with Crippen LogP contribution in [0.25, 0.3) is 0 Å². The first-order chi connectivity index (χ1) is 43.0. The number of carbonyl (C=O) groups is 8. The number of aliphatic hydroxyl groups is 6. The molecule has 17 N–H and O–H groups in total. The molecule has 0 spiro atoms. The van der Waals surface area contributed by atoms with E-state index in [1.165, 1.54) is 30.3 Å². The number of amides is 7. The van der Waals surface area contributed by atoms with E-state index in [2.05, 4.69) is 31.9 Å². The summed E-state index contributed by atoms with van der Waals surface area (Å²) < 4.78 is 24.9. The molecular formula is C60H66Cl2N8O21. The molecule has 29 nitrogen and oxygen atoms in total. The van der Waals surface area contributed by atoms with Crippen LogP contribution in [0.1, 0.15) is 84.8 Å². The molecule has 5 aliphatic heterocycles. The number of benzene rings is 5. The van der Waals surface area contributed by atoms with Crippen LogP contribution in [0.5, 0.6) is 40.2 Å². The number of nitrogens with two attached hydrogens (primary N) is 1. The maximum absolute atomic E-state index is 15.6. The number of hydrogen-bond acceptors (Lipinski definition) is 21. The molecule has 1 fully saturated rings. The number of carbonyl (C=O) groups excluding carboxylic acids is 7. The number of aromatic hydroxyl groups is 2. The van der Waals surface area contributed by atoms with Gasteiger partial charge >= 0.3 is 5.97 Å². The highest BCUT2D eigenvalue weighted by Crippen LogP contribution is 2.48. The van der Waals surface area contributed by atoms with Crippen LogP contribution >= 0.6 is 23.2 Å². The third-order valence-corrected chi connectivity index (χ3v) is 15.6. The van der Waals surface area contributed by atoms with Crippen molar-refractivity contribution in [2.45, 2.75) is 112 Å². The van der Waals surface area contributed by atoms with Crippen molar-refractivity contribution in [3.63, 3.8) is 0 Å². The number of likely N-dealkylation sites (N-methyl/N-ethyl adjacent to an activating group) is 1. The molecule has 5 aromatic carbocycles. The third kappa shape index (κ3) is 15.8. The summed E-state index contributed by atoms with van der Waals surface area (Å²) in [6.07, 6.45) is -14.7. The molecule has 1 saturated heterocycles. The monoisotopic (exact) mass is 1300 g/mol. The van der Waals surface area contributed by atoms with Crippen LogP contribution in [0.2, 0.25) is 10.0 Å². The first-order valence-corrected chi connectivity index (χ1v) is 28.8. The van der Waals surface area contributed by atoms with Crippen molar-refractivity contribution in [1.29, 1.82) is 0 Å². The average Bonchev–Trinajstić information content (AvgIpc) is 0.800. The summed E-state index contributed by atoms with van der Waals surface area (Å²) in [6.45, 7) is 2.75. The Morgan fingerprint density at radius 2 is 1.24 bits per heavy atom. The number of phenolic OH excluding ortho intramolecular Hbond substituents is 2. The zero-order valence-corrected chi connectivity index (χ0v) is 50.2. The van der Waals surface area contributed by atoms with Crippen LogP contribution in [0.4, 0.5) is 0 Å². The summed E-state index contributed by atoms with van der Waals surface area (Å²) in [7, 11) is 3.21. The topological polar surface area (TPSA) is 457 Å².